The monoisotopic (exact) mass is 252 g/mol. The normalized spacial score (nSPS) is 11.6. The van der Waals surface area contributed by atoms with Gasteiger partial charge < -0.3 is 5.11 Å². The van der Waals surface area contributed by atoms with E-state index >= 15 is 0 Å². The third-order valence-corrected chi connectivity index (χ3v) is 2.84. The summed E-state index contributed by atoms with van der Waals surface area (Å²) in [7, 11) is 0. The van der Waals surface area contributed by atoms with Gasteiger partial charge in [-0.2, -0.15) is 0 Å². The molecule has 0 spiro atoms. The standard InChI is InChI=1S/C16H28O2/c1-2-3-4-5-6-7-8-9-10-11-12-13-14-15-16(17)18/h7-8,10-11H,2-6,9,12-15H2,1H3,(H,17,18). The molecule has 0 aliphatic heterocycles. The molecule has 0 radical (unpaired) electrons. The van der Waals surface area contributed by atoms with E-state index in [9.17, 15) is 4.79 Å². The third kappa shape index (κ3) is 14.9. The number of carboxylic acids is 1. The van der Waals surface area contributed by atoms with Crippen LogP contribution in [0.25, 0.3) is 0 Å². The van der Waals surface area contributed by atoms with Gasteiger partial charge in [0.25, 0.3) is 0 Å². The lowest BCUT2D eigenvalue weighted by molar-refractivity contribution is -0.137. The second-order valence-electron chi connectivity index (χ2n) is 4.67. The molecule has 0 saturated heterocycles. The van der Waals surface area contributed by atoms with Gasteiger partial charge in [-0.1, -0.05) is 50.5 Å². The van der Waals surface area contributed by atoms with E-state index in [0.717, 1.165) is 25.7 Å². The summed E-state index contributed by atoms with van der Waals surface area (Å²) in [4.78, 5) is 10.3. The van der Waals surface area contributed by atoms with Crippen molar-refractivity contribution in [2.75, 3.05) is 0 Å². The summed E-state index contributed by atoms with van der Waals surface area (Å²) < 4.78 is 0. The molecule has 0 saturated carbocycles. The number of rotatable bonds is 12. The van der Waals surface area contributed by atoms with Crippen LogP contribution in [0.1, 0.15) is 71.1 Å². The number of carboxylic acid groups (broad SMARTS) is 1. The minimum absolute atomic E-state index is 0.297. The first-order valence-electron chi connectivity index (χ1n) is 7.29. The molecule has 0 aliphatic rings. The van der Waals surface area contributed by atoms with Crippen LogP contribution in [0.4, 0.5) is 0 Å². The summed E-state index contributed by atoms with van der Waals surface area (Å²) in [6, 6.07) is 0. The Hall–Kier alpha value is -1.05. The van der Waals surface area contributed by atoms with Gasteiger partial charge in [0, 0.05) is 6.42 Å². The predicted octanol–water partition coefficient (Wildman–Crippen LogP) is 5.10. The number of unbranched alkanes of at least 4 members (excludes halogenated alkanes) is 6. The van der Waals surface area contributed by atoms with E-state index < -0.39 is 5.97 Å². The summed E-state index contributed by atoms with van der Waals surface area (Å²) in [6.45, 7) is 2.23. The molecule has 0 aliphatic carbocycles. The van der Waals surface area contributed by atoms with Gasteiger partial charge >= 0.3 is 5.97 Å². The Morgan fingerprint density at radius 1 is 0.889 bits per heavy atom. The number of aliphatic carboxylic acids is 1. The van der Waals surface area contributed by atoms with E-state index in [0.29, 0.717) is 6.42 Å². The van der Waals surface area contributed by atoms with Crippen molar-refractivity contribution >= 4 is 5.97 Å². The molecule has 0 aromatic heterocycles. The minimum atomic E-state index is -0.690. The smallest absolute Gasteiger partial charge is 0.303 e. The summed E-state index contributed by atoms with van der Waals surface area (Å²) in [5.41, 5.74) is 0. The van der Waals surface area contributed by atoms with Crippen LogP contribution in [0.15, 0.2) is 24.3 Å². The first-order valence-corrected chi connectivity index (χ1v) is 7.29. The molecule has 0 fully saturated rings. The minimum Gasteiger partial charge on any atom is -0.481 e. The van der Waals surface area contributed by atoms with Gasteiger partial charge in [0.1, 0.15) is 0 Å². The number of carbonyl (C=O) groups is 1. The summed E-state index contributed by atoms with van der Waals surface area (Å²) in [6.07, 6.45) is 19.4. The van der Waals surface area contributed by atoms with Gasteiger partial charge in [-0.3, -0.25) is 4.79 Å². The molecule has 0 aromatic carbocycles. The highest BCUT2D eigenvalue weighted by molar-refractivity contribution is 5.66. The molecule has 0 heterocycles. The number of allylic oxidation sites excluding steroid dienone is 4. The van der Waals surface area contributed by atoms with E-state index in [1.807, 2.05) is 0 Å². The highest BCUT2D eigenvalue weighted by atomic mass is 16.4. The fourth-order valence-corrected chi connectivity index (χ4v) is 1.73. The molecule has 0 bridgehead atoms. The predicted molar refractivity (Wildman–Crippen MR) is 77.8 cm³/mol. The van der Waals surface area contributed by atoms with Gasteiger partial charge in [0.2, 0.25) is 0 Å². The molecule has 1 N–H and O–H groups in total. The van der Waals surface area contributed by atoms with Crippen molar-refractivity contribution < 1.29 is 9.90 Å². The fraction of sp³-hybridized carbons (Fsp3) is 0.688. The first kappa shape index (κ1) is 16.9. The molecule has 0 unspecified atom stereocenters. The maximum Gasteiger partial charge on any atom is 0.303 e. The lowest BCUT2D eigenvalue weighted by Crippen LogP contribution is -1.92. The Bertz CT molecular complexity index is 241. The molecule has 0 rings (SSSR count). The molecule has 18 heavy (non-hydrogen) atoms. The van der Waals surface area contributed by atoms with Crippen molar-refractivity contribution in [3.8, 4) is 0 Å². The maximum atomic E-state index is 10.3. The summed E-state index contributed by atoms with van der Waals surface area (Å²) in [5, 5.41) is 8.46. The highest BCUT2D eigenvalue weighted by Gasteiger charge is 1.93. The number of hydrogen-bond donors (Lipinski definition) is 1. The second kappa shape index (κ2) is 14.0. The van der Waals surface area contributed by atoms with Crippen LogP contribution in [0, 0.1) is 0 Å². The molecule has 2 nitrogen and oxygen atoms in total. The number of hydrogen-bond acceptors (Lipinski definition) is 1. The zero-order chi connectivity index (χ0) is 13.5. The third-order valence-electron chi connectivity index (χ3n) is 2.84. The zero-order valence-corrected chi connectivity index (χ0v) is 11.7. The van der Waals surface area contributed by atoms with Crippen molar-refractivity contribution in [2.45, 2.75) is 71.1 Å². The van der Waals surface area contributed by atoms with Crippen molar-refractivity contribution in [3.05, 3.63) is 24.3 Å². The molecule has 104 valence electrons. The molecular formula is C16H28O2. The average molecular weight is 252 g/mol. The van der Waals surface area contributed by atoms with Crippen LogP contribution >= 0.6 is 0 Å². The van der Waals surface area contributed by atoms with Crippen LogP contribution in [0.3, 0.4) is 0 Å². The van der Waals surface area contributed by atoms with Crippen LogP contribution < -0.4 is 0 Å². The van der Waals surface area contributed by atoms with Gasteiger partial charge in [0.15, 0.2) is 0 Å². The summed E-state index contributed by atoms with van der Waals surface area (Å²) in [5.74, 6) is -0.690. The highest BCUT2D eigenvalue weighted by Crippen LogP contribution is 2.04. The average Bonchev–Trinajstić information content (AvgIpc) is 2.34. The van der Waals surface area contributed by atoms with E-state index in [1.54, 1.807) is 0 Å². The van der Waals surface area contributed by atoms with Crippen molar-refractivity contribution in [1.29, 1.82) is 0 Å². The van der Waals surface area contributed by atoms with Gasteiger partial charge in [-0.05, 0) is 38.5 Å². The molecule has 0 aromatic rings. The molecule has 2 heteroatoms. The van der Waals surface area contributed by atoms with Crippen molar-refractivity contribution in [3.63, 3.8) is 0 Å². The van der Waals surface area contributed by atoms with Crippen molar-refractivity contribution in [2.24, 2.45) is 0 Å². The van der Waals surface area contributed by atoms with Crippen LogP contribution in [0.5, 0.6) is 0 Å². The van der Waals surface area contributed by atoms with Gasteiger partial charge in [-0.25, -0.2) is 0 Å². The van der Waals surface area contributed by atoms with Crippen molar-refractivity contribution in [1.82, 2.24) is 0 Å². The fourth-order valence-electron chi connectivity index (χ4n) is 1.73. The van der Waals surface area contributed by atoms with E-state index in [-0.39, 0.29) is 0 Å². The Balaban J connectivity index is 3.21. The molecule has 0 atom stereocenters. The van der Waals surface area contributed by atoms with Crippen LogP contribution in [-0.4, -0.2) is 11.1 Å². The quantitative estimate of drug-likeness (QED) is 0.387. The van der Waals surface area contributed by atoms with E-state index in [2.05, 4.69) is 31.2 Å². The van der Waals surface area contributed by atoms with Gasteiger partial charge in [0.05, 0.1) is 0 Å². The van der Waals surface area contributed by atoms with Gasteiger partial charge in [-0.15, -0.1) is 0 Å². The first-order chi connectivity index (χ1) is 8.77. The van der Waals surface area contributed by atoms with Crippen LogP contribution in [-0.2, 0) is 4.79 Å². The lowest BCUT2D eigenvalue weighted by Gasteiger charge is -1.94. The largest absolute Gasteiger partial charge is 0.481 e. The Morgan fingerprint density at radius 3 is 2.06 bits per heavy atom. The van der Waals surface area contributed by atoms with E-state index in [4.69, 9.17) is 5.11 Å². The second-order valence-corrected chi connectivity index (χ2v) is 4.67. The molecular weight excluding hydrogens is 224 g/mol. The van der Waals surface area contributed by atoms with E-state index in [1.165, 1.54) is 32.1 Å². The maximum absolute atomic E-state index is 10.3. The Labute approximate surface area is 112 Å². The summed E-state index contributed by atoms with van der Waals surface area (Å²) >= 11 is 0. The Morgan fingerprint density at radius 2 is 1.50 bits per heavy atom. The zero-order valence-electron chi connectivity index (χ0n) is 11.7. The topological polar surface area (TPSA) is 37.3 Å². The SMILES string of the molecule is CCCCCCC=CCC=CCCCCC(=O)O. The Kier molecular flexibility index (Phi) is 13.2. The van der Waals surface area contributed by atoms with Crippen LogP contribution in [0.2, 0.25) is 0 Å². The molecule has 0 amide bonds. The lowest BCUT2D eigenvalue weighted by atomic mass is 10.1.